The lowest BCUT2D eigenvalue weighted by Crippen LogP contribution is -2.34. The summed E-state index contributed by atoms with van der Waals surface area (Å²) < 4.78 is 18.6. The van der Waals surface area contributed by atoms with E-state index >= 15 is 0 Å². The summed E-state index contributed by atoms with van der Waals surface area (Å²) in [4.78, 5) is 6.76. The molecule has 0 amide bonds. The Morgan fingerprint density at radius 1 is 1.39 bits per heavy atom. The van der Waals surface area contributed by atoms with E-state index in [0.717, 1.165) is 50.3 Å². The fraction of sp³-hybridized carbons (Fsp3) is 0.529. The number of benzene rings is 1. The number of aryl methyl sites for hydroxylation is 1. The van der Waals surface area contributed by atoms with Crippen LogP contribution in [0.4, 0.5) is 4.39 Å². The van der Waals surface area contributed by atoms with Crippen LogP contribution in [0.2, 0.25) is 5.02 Å². The van der Waals surface area contributed by atoms with E-state index in [2.05, 4.69) is 15.0 Å². The minimum Gasteiger partial charge on any atom is -0.340 e. The van der Waals surface area contributed by atoms with Crippen molar-refractivity contribution >= 4 is 11.6 Å². The van der Waals surface area contributed by atoms with Crippen molar-refractivity contribution in [3.8, 4) is 0 Å². The van der Waals surface area contributed by atoms with Crippen molar-refractivity contribution in [2.75, 3.05) is 13.1 Å². The van der Waals surface area contributed by atoms with Gasteiger partial charge in [0.25, 0.3) is 0 Å². The Morgan fingerprint density at radius 3 is 2.83 bits per heavy atom. The maximum atomic E-state index is 13.5. The Morgan fingerprint density at radius 2 is 2.17 bits per heavy atom. The maximum Gasteiger partial charge on any atom is 0.223 e. The van der Waals surface area contributed by atoms with Gasteiger partial charge in [-0.15, -0.1) is 0 Å². The zero-order valence-electron chi connectivity index (χ0n) is 13.1. The highest BCUT2D eigenvalue weighted by Crippen LogP contribution is 2.64. The van der Waals surface area contributed by atoms with Gasteiger partial charge in [0.2, 0.25) is 5.89 Å². The third kappa shape index (κ3) is 2.88. The van der Waals surface area contributed by atoms with Gasteiger partial charge in [-0.1, -0.05) is 22.8 Å². The van der Waals surface area contributed by atoms with E-state index in [0.29, 0.717) is 17.2 Å². The van der Waals surface area contributed by atoms with E-state index in [1.807, 2.05) is 13.0 Å². The highest BCUT2D eigenvalue weighted by Gasteiger charge is 2.57. The molecule has 1 aromatic heterocycles. The van der Waals surface area contributed by atoms with Crippen molar-refractivity contribution < 1.29 is 8.91 Å². The Bertz CT molecular complexity index is 724. The zero-order valence-corrected chi connectivity index (χ0v) is 13.8. The fourth-order valence-corrected chi connectivity index (χ4v) is 3.89. The van der Waals surface area contributed by atoms with Crippen LogP contribution in [-0.4, -0.2) is 28.1 Å². The second-order valence-electron chi connectivity index (χ2n) is 6.82. The minimum absolute atomic E-state index is 0.183. The first-order valence-electron chi connectivity index (χ1n) is 8.02. The van der Waals surface area contributed by atoms with Gasteiger partial charge in [-0.25, -0.2) is 4.39 Å². The Hall–Kier alpha value is -1.46. The lowest BCUT2D eigenvalue weighted by atomic mass is 9.90. The Labute approximate surface area is 139 Å². The van der Waals surface area contributed by atoms with E-state index in [4.69, 9.17) is 16.1 Å². The number of piperidine rings is 1. The fourth-order valence-electron chi connectivity index (χ4n) is 3.77. The van der Waals surface area contributed by atoms with E-state index in [1.165, 1.54) is 6.07 Å². The van der Waals surface area contributed by atoms with Gasteiger partial charge in [0.05, 0.1) is 5.02 Å². The van der Waals surface area contributed by atoms with Gasteiger partial charge in [0.15, 0.2) is 5.82 Å². The van der Waals surface area contributed by atoms with Gasteiger partial charge in [0, 0.05) is 19.4 Å². The van der Waals surface area contributed by atoms with Crippen LogP contribution in [0.3, 0.4) is 0 Å². The molecule has 6 heteroatoms. The molecule has 1 atom stereocenters. The summed E-state index contributed by atoms with van der Waals surface area (Å²) in [6.45, 7) is 4.66. The van der Waals surface area contributed by atoms with Crippen molar-refractivity contribution in [1.82, 2.24) is 15.0 Å². The Kier molecular flexibility index (Phi) is 3.65. The number of halogens is 2. The van der Waals surface area contributed by atoms with Crippen LogP contribution in [0.15, 0.2) is 22.7 Å². The molecule has 1 aliphatic carbocycles. The van der Waals surface area contributed by atoms with Gasteiger partial charge < -0.3 is 4.52 Å². The molecular formula is C17H19ClFN3O. The second-order valence-corrected chi connectivity index (χ2v) is 7.22. The first-order valence-corrected chi connectivity index (χ1v) is 8.40. The summed E-state index contributed by atoms with van der Waals surface area (Å²) in [5.41, 5.74) is 1.34. The average molecular weight is 336 g/mol. The topological polar surface area (TPSA) is 42.2 Å². The first-order chi connectivity index (χ1) is 11.1. The highest BCUT2D eigenvalue weighted by atomic mass is 35.5. The van der Waals surface area contributed by atoms with Crippen molar-refractivity contribution in [3.63, 3.8) is 0 Å². The number of likely N-dealkylation sites (tertiary alicyclic amines) is 1. The molecule has 2 aliphatic rings. The molecule has 2 fully saturated rings. The summed E-state index contributed by atoms with van der Waals surface area (Å²) in [6, 6.07) is 5.07. The molecule has 23 heavy (non-hydrogen) atoms. The normalized spacial score (nSPS) is 23.3. The SMILES string of the molecule is Cc1nc(C2CC23CCN(Cc2ccc(Cl)c(F)c2)CC3)no1. The number of nitrogens with zero attached hydrogens (tertiary/aromatic N) is 3. The maximum absolute atomic E-state index is 13.5. The minimum atomic E-state index is -0.340. The molecular weight excluding hydrogens is 317 g/mol. The van der Waals surface area contributed by atoms with Crippen LogP contribution < -0.4 is 0 Å². The highest BCUT2D eigenvalue weighted by molar-refractivity contribution is 6.30. The number of hydrogen-bond donors (Lipinski definition) is 0. The predicted octanol–water partition coefficient (Wildman–Crippen LogP) is 3.94. The van der Waals surface area contributed by atoms with Gasteiger partial charge in [-0.3, -0.25) is 4.90 Å². The van der Waals surface area contributed by atoms with E-state index in [1.54, 1.807) is 6.07 Å². The molecule has 1 spiro atoms. The second kappa shape index (κ2) is 5.56. The standard InChI is InChI=1S/C17H19ClFN3O/c1-11-20-16(21-23-11)13-9-17(13)4-6-22(7-5-17)10-12-2-3-14(18)15(19)8-12/h2-3,8,13H,4-7,9-10H2,1H3. The largest absolute Gasteiger partial charge is 0.340 e. The van der Waals surface area contributed by atoms with Crippen LogP contribution in [-0.2, 0) is 6.54 Å². The predicted molar refractivity (Wildman–Crippen MR) is 84.7 cm³/mol. The third-order valence-electron chi connectivity index (χ3n) is 5.29. The molecule has 4 rings (SSSR count). The smallest absolute Gasteiger partial charge is 0.223 e. The summed E-state index contributed by atoms with van der Waals surface area (Å²) in [7, 11) is 0. The van der Waals surface area contributed by atoms with Gasteiger partial charge in [-0.2, -0.15) is 4.98 Å². The molecule has 0 radical (unpaired) electrons. The average Bonchev–Trinajstić information content (AvgIpc) is 3.06. The quantitative estimate of drug-likeness (QED) is 0.852. The number of aromatic nitrogens is 2. The molecule has 1 aliphatic heterocycles. The van der Waals surface area contributed by atoms with Gasteiger partial charge in [0.1, 0.15) is 5.82 Å². The summed E-state index contributed by atoms with van der Waals surface area (Å²) in [5.74, 6) is 1.63. The van der Waals surface area contributed by atoms with Crippen LogP contribution in [0.5, 0.6) is 0 Å². The molecule has 0 bridgehead atoms. The molecule has 2 heterocycles. The van der Waals surface area contributed by atoms with Crippen molar-refractivity contribution in [2.24, 2.45) is 5.41 Å². The van der Waals surface area contributed by atoms with Crippen molar-refractivity contribution in [1.29, 1.82) is 0 Å². The molecule has 1 aromatic carbocycles. The van der Waals surface area contributed by atoms with Crippen molar-refractivity contribution in [2.45, 2.75) is 38.6 Å². The molecule has 4 nitrogen and oxygen atoms in total. The zero-order chi connectivity index (χ0) is 16.0. The molecule has 1 unspecified atom stereocenters. The third-order valence-corrected chi connectivity index (χ3v) is 5.59. The van der Waals surface area contributed by atoms with Crippen molar-refractivity contribution in [3.05, 3.63) is 46.3 Å². The Balaban J connectivity index is 1.35. The van der Waals surface area contributed by atoms with Crippen LogP contribution in [0.25, 0.3) is 0 Å². The first kappa shape index (κ1) is 15.1. The van der Waals surface area contributed by atoms with Crippen LogP contribution in [0.1, 0.15) is 42.5 Å². The van der Waals surface area contributed by atoms with Gasteiger partial charge >= 0.3 is 0 Å². The number of hydrogen-bond acceptors (Lipinski definition) is 4. The van der Waals surface area contributed by atoms with Crippen LogP contribution in [0, 0.1) is 18.2 Å². The molecule has 2 aromatic rings. The van der Waals surface area contributed by atoms with E-state index in [9.17, 15) is 4.39 Å². The summed E-state index contributed by atoms with van der Waals surface area (Å²) in [5, 5.41) is 4.26. The molecule has 1 saturated carbocycles. The summed E-state index contributed by atoms with van der Waals surface area (Å²) in [6.07, 6.45) is 3.44. The summed E-state index contributed by atoms with van der Waals surface area (Å²) >= 11 is 5.74. The molecule has 1 saturated heterocycles. The van der Waals surface area contributed by atoms with Gasteiger partial charge in [-0.05, 0) is 55.5 Å². The lowest BCUT2D eigenvalue weighted by Gasteiger charge is -2.32. The van der Waals surface area contributed by atoms with E-state index < -0.39 is 0 Å². The molecule has 122 valence electrons. The van der Waals surface area contributed by atoms with Crippen LogP contribution >= 0.6 is 11.6 Å². The number of rotatable bonds is 3. The monoisotopic (exact) mass is 335 g/mol. The lowest BCUT2D eigenvalue weighted by molar-refractivity contribution is 0.161. The van der Waals surface area contributed by atoms with E-state index in [-0.39, 0.29) is 10.8 Å². The molecule has 0 N–H and O–H groups in total.